The first-order chi connectivity index (χ1) is 7.09. The summed E-state index contributed by atoms with van der Waals surface area (Å²) >= 11 is 1.76. The Balaban J connectivity index is 0.000000921. The molecule has 0 aromatic rings. The molecule has 0 atom stereocenters. The largest absolute Gasteiger partial charge is 0.129 e. The zero-order chi connectivity index (χ0) is 11.9. The number of rotatable bonds is 2. The van der Waals surface area contributed by atoms with Gasteiger partial charge >= 0.3 is 0 Å². The smallest absolute Gasteiger partial charge is 0.0138 e. The Morgan fingerprint density at radius 3 is 2.20 bits per heavy atom. The number of thioether (sulfide) groups is 1. The highest BCUT2D eigenvalue weighted by Gasteiger charge is 2.12. The van der Waals surface area contributed by atoms with Crippen molar-refractivity contribution in [1.29, 1.82) is 0 Å². The summed E-state index contributed by atoms with van der Waals surface area (Å²) < 4.78 is 0. The van der Waals surface area contributed by atoms with Gasteiger partial charge in [0.1, 0.15) is 0 Å². The van der Waals surface area contributed by atoms with Crippen molar-refractivity contribution >= 4 is 11.8 Å². The lowest BCUT2D eigenvalue weighted by atomic mass is 9.93. The summed E-state index contributed by atoms with van der Waals surface area (Å²) in [7, 11) is 0. The second kappa shape index (κ2) is 6.73. The van der Waals surface area contributed by atoms with Gasteiger partial charge in [0.2, 0.25) is 0 Å². The van der Waals surface area contributed by atoms with Gasteiger partial charge in [0.25, 0.3) is 0 Å². The highest BCUT2D eigenvalue weighted by molar-refractivity contribution is 8.02. The molecule has 1 rings (SSSR count). The fourth-order valence-corrected chi connectivity index (χ4v) is 1.77. The summed E-state index contributed by atoms with van der Waals surface area (Å²) in [6.07, 6.45) is 12.8. The Hall–Kier alpha value is -0.690. The van der Waals surface area contributed by atoms with Gasteiger partial charge in [-0.25, -0.2) is 0 Å². The maximum atomic E-state index is 3.82. The second-order valence-electron chi connectivity index (χ2n) is 3.72. The summed E-state index contributed by atoms with van der Waals surface area (Å²) in [5.74, 6) is 0. The van der Waals surface area contributed by atoms with Crippen molar-refractivity contribution in [2.75, 3.05) is 6.26 Å². The molecule has 15 heavy (non-hydrogen) atoms. The molecule has 1 aliphatic carbocycles. The van der Waals surface area contributed by atoms with E-state index in [0.717, 1.165) is 0 Å². The van der Waals surface area contributed by atoms with E-state index in [1.807, 2.05) is 19.9 Å². The van der Waals surface area contributed by atoms with Crippen LogP contribution >= 0.6 is 11.8 Å². The Labute approximate surface area is 98.8 Å². The summed E-state index contributed by atoms with van der Waals surface area (Å²) in [4.78, 5) is 1.29. The SMILES string of the molecule is C=CC1=C(SC)C=CC(C)(C)C=C1.CC. The lowest BCUT2D eigenvalue weighted by Gasteiger charge is -2.12. The molecular formula is C14H22S. The van der Waals surface area contributed by atoms with E-state index >= 15 is 0 Å². The maximum Gasteiger partial charge on any atom is 0.0138 e. The van der Waals surface area contributed by atoms with Gasteiger partial charge in [0.05, 0.1) is 0 Å². The fraction of sp³-hybridized carbons (Fsp3) is 0.429. The zero-order valence-corrected chi connectivity index (χ0v) is 11.3. The minimum atomic E-state index is 0.158. The molecular weight excluding hydrogens is 200 g/mol. The third kappa shape index (κ3) is 4.57. The van der Waals surface area contributed by atoms with Gasteiger partial charge in [-0.3, -0.25) is 0 Å². The summed E-state index contributed by atoms with van der Waals surface area (Å²) in [6.45, 7) is 12.2. The van der Waals surface area contributed by atoms with Crippen molar-refractivity contribution in [3.63, 3.8) is 0 Å². The van der Waals surface area contributed by atoms with E-state index in [-0.39, 0.29) is 5.41 Å². The van der Waals surface area contributed by atoms with Gasteiger partial charge in [-0.2, -0.15) is 0 Å². The van der Waals surface area contributed by atoms with Gasteiger partial charge in [-0.1, -0.05) is 64.7 Å². The maximum absolute atomic E-state index is 3.82. The van der Waals surface area contributed by atoms with Crippen LogP contribution in [0.1, 0.15) is 27.7 Å². The van der Waals surface area contributed by atoms with Crippen LogP contribution in [-0.2, 0) is 0 Å². The first-order valence-electron chi connectivity index (χ1n) is 5.38. The van der Waals surface area contributed by atoms with Crippen LogP contribution < -0.4 is 0 Å². The minimum Gasteiger partial charge on any atom is -0.129 e. The van der Waals surface area contributed by atoms with Crippen molar-refractivity contribution in [3.8, 4) is 0 Å². The molecule has 0 aliphatic heterocycles. The van der Waals surface area contributed by atoms with E-state index < -0.39 is 0 Å². The fourth-order valence-electron chi connectivity index (χ4n) is 1.18. The molecule has 0 saturated heterocycles. The second-order valence-corrected chi connectivity index (χ2v) is 4.56. The molecule has 0 spiro atoms. The Morgan fingerprint density at radius 1 is 1.20 bits per heavy atom. The quantitative estimate of drug-likeness (QED) is 0.636. The Morgan fingerprint density at radius 2 is 1.73 bits per heavy atom. The van der Waals surface area contributed by atoms with Crippen LogP contribution in [0.25, 0.3) is 0 Å². The third-order valence-electron chi connectivity index (χ3n) is 2.08. The topological polar surface area (TPSA) is 0 Å². The van der Waals surface area contributed by atoms with Crippen molar-refractivity contribution in [3.05, 3.63) is 47.4 Å². The third-order valence-corrected chi connectivity index (χ3v) is 2.89. The van der Waals surface area contributed by atoms with E-state index in [4.69, 9.17) is 0 Å². The van der Waals surface area contributed by atoms with Gasteiger partial charge in [-0.05, 0) is 11.8 Å². The summed E-state index contributed by atoms with van der Waals surface area (Å²) in [6, 6.07) is 0. The lowest BCUT2D eigenvalue weighted by Crippen LogP contribution is -2.00. The molecule has 1 aliphatic rings. The van der Waals surface area contributed by atoms with Crippen LogP contribution in [0.4, 0.5) is 0 Å². The van der Waals surface area contributed by atoms with E-state index in [1.54, 1.807) is 11.8 Å². The highest BCUT2D eigenvalue weighted by atomic mass is 32.2. The summed E-state index contributed by atoms with van der Waals surface area (Å²) in [5, 5.41) is 0. The molecule has 0 saturated carbocycles. The molecule has 0 radical (unpaired) electrons. The molecule has 0 amide bonds. The molecule has 0 N–H and O–H groups in total. The Kier molecular flexibility index (Phi) is 6.42. The summed E-state index contributed by atoms with van der Waals surface area (Å²) in [5.41, 5.74) is 1.38. The van der Waals surface area contributed by atoms with E-state index in [0.29, 0.717) is 0 Å². The molecule has 0 unspecified atom stereocenters. The van der Waals surface area contributed by atoms with Crippen LogP contribution in [0.15, 0.2) is 47.4 Å². The average Bonchev–Trinajstić information content (AvgIpc) is 2.39. The molecule has 0 bridgehead atoms. The molecule has 0 aromatic heterocycles. The normalized spacial score (nSPS) is 17.9. The first kappa shape index (κ1) is 14.3. The van der Waals surface area contributed by atoms with Crippen molar-refractivity contribution in [2.24, 2.45) is 5.41 Å². The van der Waals surface area contributed by atoms with Crippen LogP contribution in [0.5, 0.6) is 0 Å². The van der Waals surface area contributed by atoms with Crippen molar-refractivity contribution in [1.82, 2.24) is 0 Å². The van der Waals surface area contributed by atoms with Crippen molar-refractivity contribution in [2.45, 2.75) is 27.7 Å². The lowest BCUT2D eigenvalue weighted by molar-refractivity contribution is 0.627. The highest BCUT2D eigenvalue weighted by Crippen LogP contribution is 2.29. The number of allylic oxidation sites excluding steroid dienone is 6. The van der Waals surface area contributed by atoms with Gasteiger partial charge in [0, 0.05) is 10.3 Å². The van der Waals surface area contributed by atoms with Gasteiger partial charge < -0.3 is 0 Å². The van der Waals surface area contributed by atoms with Gasteiger partial charge in [-0.15, -0.1) is 11.8 Å². The number of hydrogen-bond acceptors (Lipinski definition) is 1. The van der Waals surface area contributed by atoms with Crippen LogP contribution in [0, 0.1) is 5.41 Å². The predicted octanol–water partition coefficient (Wildman–Crippen LogP) is 4.97. The van der Waals surface area contributed by atoms with Gasteiger partial charge in [0.15, 0.2) is 0 Å². The molecule has 1 heteroatoms. The van der Waals surface area contributed by atoms with Crippen molar-refractivity contribution < 1.29 is 0 Å². The van der Waals surface area contributed by atoms with Crippen LogP contribution in [0.2, 0.25) is 0 Å². The molecule has 84 valence electrons. The van der Waals surface area contributed by atoms with Crippen LogP contribution in [-0.4, -0.2) is 6.26 Å². The molecule has 0 nitrogen and oxygen atoms in total. The van der Waals surface area contributed by atoms with E-state index in [2.05, 4.69) is 51.0 Å². The standard InChI is InChI=1S/C12H16S.C2H6/c1-5-10-6-8-12(2,3)9-7-11(10)13-4;1-2/h5-9H,1H2,2-4H3;1-2H3. The van der Waals surface area contributed by atoms with E-state index in [1.165, 1.54) is 10.5 Å². The monoisotopic (exact) mass is 222 g/mol. The first-order valence-corrected chi connectivity index (χ1v) is 6.61. The molecule has 0 heterocycles. The Bertz CT molecular complexity index is 290. The molecule has 0 aromatic carbocycles. The van der Waals surface area contributed by atoms with E-state index in [9.17, 15) is 0 Å². The zero-order valence-electron chi connectivity index (χ0n) is 10.5. The minimum absolute atomic E-state index is 0.158. The average molecular weight is 222 g/mol. The molecule has 0 fully saturated rings. The predicted molar refractivity (Wildman–Crippen MR) is 74.1 cm³/mol. The number of hydrogen-bond donors (Lipinski definition) is 0. The van der Waals surface area contributed by atoms with Crippen LogP contribution in [0.3, 0.4) is 0 Å².